The van der Waals surface area contributed by atoms with Crippen LogP contribution in [-0.4, -0.2) is 64.4 Å². The number of carbonyl (C=O) groups is 1. The van der Waals surface area contributed by atoms with E-state index in [9.17, 15) is 4.79 Å². The van der Waals surface area contributed by atoms with Crippen LogP contribution < -0.4 is 0 Å². The van der Waals surface area contributed by atoms with E-state index in [1.54, 1.807) is 0 Å². The van der Waals surface area contributed by atoms with Crippen molar-refractivity contribution in [2.45, 2.75) is 38.6 Å². The van der Waals surface area contributed by atoms with Crippen molar-refractivity contribution in [2.24, 2.45) is 0 Å². The molecule has 2 aliphatic rings. The molecule has 3 rings (SSSR count). The first-order chi connectivity index (χ1) is 9.67. The van der Waals surface area contributed by atoms with E-state index >= 15 is 0 Å². The minimum Gasteiger partial charge on any atom is -0.374 e. The Morgan fingerprint density at radius 3 is 3.05 bits per heavy atom. The first-order valence-corrected chi connectivity index (χ1v) is 7.28. The molecule has 3 heterocycles. The summed E-state index contributed by atoms with van der Waals surface area (Å²) in [7, 11) is 1.90. The normalized spacial score (nSPS) is 27.7. The highest BCUT2D eigenvalue weighted by atomic mass is 16.5. The Morgan fingerprint density at radius 1 is 1.45 bits per heavy atom. The van der Waals surface area contributed by atoms with Gasteiger partial charge in [-0.15, -0.1) is 0 Å². The van der Waals surface area contributed by atoms with E-state index in [2.05, 4.69) is 23.1 Å². The van der Waals surface area contributed by atoms with Crippen molar-refractivity contribution in [1.29, 1.82) is 0 Å². The highest BCUT2D eigenvalue weighted by molar-refractivity contribution is 5.76. The van der Waals surface area contributed by atoms with Gasteiger partial charge in [0.15, 0.2) is 0 Å². The van der Waals surface area contributed by atoms with Gasteiger partial charge in [-0.05, 0) is 6.92 Å². The third-order valence-electron chi connectivity index (χ3n) is 4.27. The molecule has 0 aromatic carbocycles. The molecule has 0 bridgehead atoms. The maximum absolute atomic E-state index is 11.9. The van der Waals surface area contributed by atoms with Gasteiger partial charge in [-0.3, -0.25) is 14.4 Å². The molecule has 0 N–H and O–H groups in total. The zero-order valence-electron chi connectivity index (χ0n) is 12.2. The molecule has 6 nitrogen and oxygen atoms in total. The van der Waals surface area contributed by atoms with Crippen molar-refractivity contribution in [3.63, 3.8) is 0 Å². The Kier molecular flexibility index (Phi) is 3.76. The van der Waals surface area contributed by atoms with Gasteiger partial charge in [0.2, 0.25) is 5.91 Å². The highest BCUT2D eigenvalue weighted by Gasteiger charge is 2.39. The molecule has 0 aliphatic carbocycles. The number of aryl methyl sites for hydroxylation is 1. The summed E-state index contributed by atoms with van der Waals surface area (Å²) >= 11 is 0. The minimum absolute atomic E-state index is 0.146. The molecule has 0 radical (unpaired) electrons. The molecule has 2 aliphatic heterocycles. The van der Waals surface area contributed by atoms with Crippen LogP contribution in [0, 0.1) is 0 Å². The van der Waals surface area contributed by atoms with Gasteiger partial charge in [0.05, 0.1) is 31.4 Å². The van der Waals surface area contributed by atoms with Gasteiger partial charge in [0.1, 0.15) is 0 Å². The number of nitrogens with zero attached hydrogens (tertiary/aromatic N) is 4. The average Bonchev–Trinajstić information content (AvgIpc) is 3.02. The highest BCUT2D eigenvalue weighted by Crippen LogP contribution is 2.23. The molecule has 6 heteroatoms. The number of carbonyl (C=O) groups excluding carboxylic acids is 1. The molecule has 2 atom stereocenters. The Morgan fingerprint density at radius 2 is 2.30 bits per heavy atom. The number of ether oxygens (including phenoxy) is 1. The summed E-state index contributed by atoms with van der Waals surface area (Å²) in [6.45, 7) is 6.17. The number of likely N-dealkylation sites (N-methyl/N-ethyl adjacent to an activating group) is 1. The average molecular weight is 278 g/mol. The standard InChI is InChI=1S/C14H22N4O2/c1-3-18-8-11(6-15-18)7-17-9-12-13(10-17)20-5-4-14(19)16(12)2/h6,8,12-13H,3-5,7,9-10H2,1-2H3/t12-,13-/m0/s1. The number of hydrogen-bond donors (Lipinski definition) is 0. The third kappa shape index (κ3) is 2.58. The molecule has 110 valence electrons. The van der Waals surface area contributed by atoms with E-state index in [1.807, 2.05) is 22.8 Å². The van der Waals surface area contributed by atoms with Crippen LogP contribution >= 0.6 is 0 Å². The largest absolute Gasteiger partial charge is 0.374 e. The quantitative estimate of drug-likeness (QED) is 0.800. The Bertz CT molecular complexity index is 487. The van der Waals surface area contributed by atoms with Crippen LogP contribution in [0.2, 0.25) is 0 Å². The molecule has 1 amide bonds. The fraction of sp³-hybridized carbons (Fsp3) is 0.714. The van der Waals surface area contributed by atoms with E-state index in [4.69, 9.17) is 4.74 Å². The van der Waals surface area contributed by atoms with Crippen molar-refractivity contribution in [3.05, 3.63) is 18.0 Å². The van der Waals surface area contributed by atoms with Crippen molar-refractivity contribution in [1.82, 2.24) is 19.6 Å². The summed E-state index contributed by atoms with van der Waals surface area (Å²) in [5.41, 5.74) is 1.22. The zero-order valence-corrected chi connectivity index (χ0v) is 12.2. The van der Waals surface area contributed by atoms with E-state index in [-0.39, 0.29) is 18.1 Å². The summed E-state index contributed by atoms with van der Waals surface area (Å²) < 4.78 is 7.78. The van der Waals surface area contributed by atoms with E-state index in [0.29, 0.717) is 13.0 Å². The van der Waals surface area contributed by atoms with Crippen LogP contribution in [0.3, 0.4) is 0 Å². The molecule has 1 aromatic heterocycles. The van der Waals surface area contributed by atoms with E-state index in [1.165, 1.54) is 5.56 Å². The summed E-state index contributed by atoms with van der Waals surface area (Å²) in [6.07, 6.45) is 4.66. The molecule has 0 unspecified atom stereocenters. The van der Waals surface area contributed by atoms with Crippen LogP contribution in [0.5, 0.6) is 0 Å². The van der Waals surface area contributed by atoms with Gasteiger partial charge in [-0.1, -0.05) is 0 Å². The summed E-state index contributed by atoms with van der Waals surface area (Å²) in [6, 6.07) is 0.186. The van der Waals surface area contributed by atoms with Gasteiger partial charge in [-0.25, -0.2) is 0 Å². The van der Waals surface area contributed by atoms with Gasteiger partial charge in [-0.2, -0.15) is 5.10 Å². The predicted molar refractivity (Wildman–Crippen MR) is 74.1 cm³/mol. The second-order valence-electron chi connectivity index (χ2n) is 5.63. The van der Waals surface area contributed by atoms with Crippen LogP contribution in [-0.2, 0) is 22.6 Å². The van der Waals surface area contributed by atoms with Gasteiger partial charge >= 0.3 is 0 Å². The number of fused-ring (bicyclic) bond motifs is 1. The van der Waals surface area contributed by atoms with Gasteiger partial charge in [0.25, 0.3) is 0 Å². The first-order valence-electron chi connectivity index (χ1n) is 7.28. The number of likely N-dealkylation sites (tertiary alicyclic amines) is 1. The third-order valence-corrected chi connectivity index (χ3v) is 4.27. The lowest BCUT2D eigenvalue weighted by molar-refractivity contribution is -0.131. The van der Waals surface area contributed by atoms with E-state index < -0.39 is 0 Å². The molecular formula is C14H22N4O2. The molecule has 0 saturated carbocycles. The number of hydrogen-bond acceptors (Lipinski definition) is 4. The first kappa shape index (κ1) is 13.6. The second kappa shape index (κ2) is 5.54. The topological polar surface area (TPSA) is 50.6 Å². The van der Waals surface area contributed by atoms with Crippen LogP contribution in [0.15, 0.2) is 12.4 Å². The molecular weight excluding hydrogens is 256 g/mol. The van der Waals surface area contributed by atoms with Crippen LogP contribution in [0.4, 0.5) is 0 Å². The second-order valence-corrected chi connectivity index (χ2v) is 5.63. The molecule has 2 fully saturated rings. The lowest BCUT2D eigenvalue weighted by atomic mass is 10.2. The Hall–Kier alpha value is -1.40. The lowest BCUT2D eigenvalue weighted by Gasteiger charge is -2.25. The van der Waals surface area contributed by atoms with Crippen LogP contribution in [0.1, 0.15) is 18.9 Å². The number of rotatable bonds is 3. The maximum atomic E-state index is 11.9. The molecule has 20 heavy (non-hydrogen) atoms. The lowest BCUT2D eigenvalue weighted by Crippen LogP contribution is -2.42. The molecule has 2 saturated heterocycles. The van der Waals surface area contributed by atoms with Crippen molar-refractivity contribution in [3.8, 4) is 0 Å². The monoisotopic (exact) mass is 278 g/mol. The predicted octanol–water partition coefficient (Wildman–Crippen LogP) is 0.335. The van der Waals surface area contributed by atoms with Crippen LogP contribution in [0.25, 0.3) is 0 Å². The fourth-order valence-corrected chi connectivity index (χ4v) is 3.08. The summed E-state index contributed by atoms with van der Waals surface area (Å²) in [5.74, 6) is 0.193. The SMILES string of the molecule is CCn1cc(CN2C[C@@H]3OCCC(=O)N(C)[C@H]3C2)cn1. The molecule has 1 aromatic rings. The summed E-state index contributed by atoms with van der Waals surface area (Å²) in [5, 5.41) is 4.30. The van der Waals surface area contributed by atoms with Gasteiger partial charge < -0.3 is 9.64 Å². The number of amides is 1. The smallest absolute Gasteiger partial charge is 0.225 e. The Labute approximate surface area is 119 Å². The van der Waals surface area contributed by atoms with Crippen molar-refractivity contribution < 1.29 is 9.53 Å². The van der Waals surface area contributed by atoms with Gasteiger partial charge in [0, 0.05) is 45.0 Å². The fourth-order valence-electron chi connectivity index (χ4n) is 3.08. The molecule has 0 spiro atoms. The minimum atomic E-state index is 0.146. The Balaban J connectivity index is 1.65. The van der Waals surface area contributed by atoms with Crippen molar-refractivity contribution in [2.75, 3.05) is 26.7 Å². The zero-order chi connectivity index (χ0) is 14.1. The van der Waals surface area contributed by atoms with E-state index in [0.717, 1.165) is 26.2 Å². The summed E-state index contributed by atoms with van der Waals surface area (Å²) in [4.78, 5) is 16.1. The van der Waals surface area contributed by atoms with Crippen molar-refractivity contribution >= 4 is 5.91 Å². The number of aromatic nitrogens is 2. The maximum Gasteiger partial charge on any atom is 0.225 e.